The molecule has 1 aromatic heterocycles. The van der Waals surface area contributed by atoms with E-state index >= 15 is 0 Å². The molecule has 6 heteroatoms. The van der Waals surface area contributed by atoms with Crippen molar-refractivity contribution in [1.29, 1.82) is 0 Å². The number of aromatic amines is 1. The first-order chi connectivity index (χ1) is 13.2. The first kappa shape index (κ1) is 22.9. The van der Waals surface area contributed by atoms with Crippen LogP contribution in [-0.2, 0) is 11.3 Å². The van der Waals surface area contributed by atoms with E-state index in [-0.39, 0.29) is 11.3 Å². The average Bonchev–Trinajstić information content (AvgIpc) is 3.06. The second kappa shape index (κ2) is 9.88. The molecule has 0 aliphatic heterocycles. The van der Waals surface area contributed by atoms with Gasteiger partial charge in [-0.05, 0) is 44.7 Å². The fourth-order valence-corrected chi connectivity index (χ4v) is 4.51. The van der Waals surface area contributed by atoms with E-state index < -0.39 is 0 Å². The molecule has 0 aromatic carbocycles. The molecule has 1 amide bonds. The highest BCUT2D eigenvalue weighted by Crippen LogP contribution is 2.47. The number of rotatable bonds is 9. The monoisotopic (exact) mass is 391 g/mol. The molecule has 0 bridgehead atoms. The Labute approximate surface area is 171 Å². The summed E-state index contributed by atoms with van der Waals surface area (Å²) in [5.74, 6) is 1.20. The Bertz CT molecular complexity index is 624. The summed E-state index contributed by atoms with van der Waals surface area (Å²) < 4.78 is 0. The summed E-state index contributed by atoms with van der Waals surface area (Å²) >= 11 is 0. The van der Waals surface area contributed by atoms with Gasteiger partial charge in [0, 0.05) is 56.8 Å². The second-order valence-electron chi connectivity index (χ2n) is 9.76. The highest BCUT2D eigenvalue weighted by molar-refractivity contribution is 5.79. The van der Waals surface area contributed by atoms with Crippen LogP contribution in [0.3, 0.4) is 0 Å². The summed E-state index contributed by atoms with van der Waals surface area (Å²) in [6.45, 7) is 12.5. The first-order valence-corrected chi connectivity index (χ1v) is 10.8. The third-order valence-corrected chi connectivity index (χ3v) is 6.24. The minimum absolute atomic E-state index is 0.0406. The zero-order chi connectivity index (χ0) is 20.9. The van der Waals surface area contributed by atoms with E-state index in [1.807, 2.05) is 25.2 Å². The normalized spacial score (nSPS) is 22.0. The van der Waals surface area contributed by atoms with Crippen LogP contribution >= 0.6 is 0 Å². The quantitative estimate of drug-likeness (QED) is 0.679. The predicted octanol–water partition coefficient (Wildman–Crippen LogP) is 3.09. The molecule has 160 valence electrons. The van der Waals surface area contributed by atoms with Gasteiger partial charge in [-0.25, -0.2) is 0 Å². The molecule has 2 rings (SSSR count). The molecule has 0 spiro atoms. The van der Waals surface area contributed by atoms with Gasteiger partial charge in [0.05, 0.1) is 5.69 Å². The zero-order valence-corrected chi connectivity index (χ0v) is 19.0. The van der Waals surface area contributed by atoms with Gasteiger partial charge in [0.1, 0.15) is 0 Å². The summed E-state index contributed by atoms with van der Waals surface area (Å²) in [4.78, 5) is 17.5. The number of likely N-dealkylation sites (N-methyl/N-ethyl adjacent to an activating group) is 2. The number of H-pyrrole nitrogens is 1. The standard InChI is InChI=1S/C22H41N5O/c1-16(2)14-27(7)21(28)19-12-17(8-9-22(19,3)4)20-18(13-24-25-20)15-26(6)11-10-23-5/h13,16-17,19,23H,8-12,14-15H2,1-7H3,(H,24,25)/t17?,19-/m1/s1. The van der Waals surface area contributed by atoms with E-state index in [1.165, 1.54) is 5.56 Å². The minimum Gasteiger partial charge on any atom is -0.345 e. The van der Waals surface area contributed by atoms with Crippen molar-refractivity contribution in [2.45, 2.75) is 59.4 Å². The van der Waals surface area contributed by atoms with Gasteiger partial charge in [0.25, 0.3) is 0 Å². The van der Waals surface area contributed by atoms with Crippen LogP contribution in [0.2, 0.25) is 0 Å². The summed E-state index contributed by atoms with van der Waals surface area (Å²) in [6.07, 6.45) is 5.09. The van der Waals surface area contributed by atoms with Crippen LogP contribution in [0.25, 0.3) is 0 Å². The van der Waals surface area contributed by atoms with E-state index in [2.05, 4.69) is 55.2 Å². The SMILES string of the molecule is CNCCN(C)Cc1c[nH]nc1C1CCC(C)(C)[C@@H](C(=O)N(C)CC(C)C)C1. The molecule has 6 nitrogen and oxygen atoms in total. The molecule has 2 atom stereocenters. The highest BCUT2D eigenvalue weighted by Gasteiger charge is 2.43. The predicted molar refractivity (Wildman–Crippen MR) is 115 cm³/mol. The lowest BCUT2D eigenvalue weighted by Crippen LogP contribution is -2.44. The van der Waals surface area contributed by atoms with Crippen molar-refractivity contribution in [3.63, 3.8) is 0 Å². The number of carbonyl (C=O) groups excluding carboxylic acids is 1. The fourth-order valence-electron chi connectivity index (χ4n) is 4.51. The Morgan fingerprint density at radius 2 is 2.11 bits per heavy atom. The van der Waals surface area contributed by atoms with E-state index in [1.54, 1.807) is 0 Å². The molecule has 0 saturated heterocycles. The molecule has 28 heavy (non-hydrogen) atoms. The molecular formula is C22H41N5O. The number of aromatic nitrogens is 2. The van der Waals surface area contributed by atoms with Crippen LogP contribution in [0.5, 0.6) is 0 Å². The molecule has 1 unspecified atom stereocenters. The topological polar surface area (TPSA) is 64.3 Å². The Balaban J connectivity index is 2.12. The van der Waals surface area contributed by atoms with Crippen LogP contribution in [0.4, 0.5) is 0 Å². The van der Waals surface area contributed by atoms with Gasteiger partial charge in [-0.15, -0.1) is 0 Å². The van der Waals surface area contributed by atoms with Gasteiger partial charge in [0.15, 0.2) is 0 Å². The van der Waals surface area contributed by atoms with E-state index in [4.69, 9.17) is 0 Å². The van der Waals surface area contributed by atoms with E-state index in [0.717, 1.165) is 51.1 Å². The van der Waals surface area contributed by atoms with Gasteiger partial charge in [-0.2, -0.15) is 5.10 Å². The lowest BCUT2D eigenvalue weighted by atomic mass is 9.64. The van der Waals surface area contributed by atoms with Crippen molar-refractivity contribution in [3.8, 4) is 0 Å². The third kappa shape index (κ3) is 5.80. The van der Waals surface area contributed by atoms with Crippen molar-refractivity contribution < 1.29 is 4.79 Å². The van der Waals surface area contributed by atoms with Crippen molar-refractivity contribution >= 4 is 5.91 Å². The summed E-state index contributed by atoms with van der Waals surface area (Å²) in [7, 11) is 6.08. The van der Waals surface area contributed by atoms with Gasteiger partial charge < -0.3 is 15.1 Å². The average molecular weight is 392 g/mol. The number of nitrogens with one attached hydrogen (secondary N) is 2. The third-order valence-electron chi connectivity index (χ3n) is 6.24. The molecule has 1 fully saturated rings. The van der Waals surface area contributed by atoms with Crippen LogP contribution < -0.4 is 5.32 Å². The molecule has 1 aromatic rings. The molecule has 1 saturated carbocycles. The lowest BCUT2D eigenvalue weighted by Gasteiger charge is -2.42. The number of hydrogen-bond donors (Lipinski definition) is 2. The largest absolute Gasteiger partial charge is 0.345 e. The number of nitrogens with zero attached hydrogens (tertiary/aromatic N) is 3. The van der Waals surface area contributed by atoms with Crippen LogP contribution in [0.1, 0.15) is 64.1 Å². The van der Waals surface area contributed by atoms with Crippen molar-refractivity contribution in [1.82, 2.24) is 25.3 Å². The van der Waals surface area contributed by atoms with E-state index in [9.17, 15) is 4.79 Å². The molecule has 2 N–H and O–H groups in total. The summed E-state index contributed by atoms with van der Waals surface area (Å²) in [6, 6.07) is 0. The zero-order valence-electron chi connectivity index (χ0n) is 19.0. The second-order valence-corrected chi connectivity index (χ2v) is 9.76. The summed E-state index contributed by atoms with van der Waals surface area (Å²) in [5.41, 5.74) is 2.47. The molecule has 1 aliphatic rings. The van der Waals surface area contributed by atoms with Gasteiger partial charge in [0.2, 0.25) is 5.91 Å². The lowest BCUT2D eigenvalue weighted by molar-refractivity contribution is -0.140. The van der Waals surface area contributed by atoms with Crippen LogP contribution in [0, 0.1) is 17.3 Å². The molecule has 1 aliphatic carbocycles. The Kier molecular flexibility index (Phi) is 8.07. The fraction of sp³-hybridized carbons (Fsp3) is 0.818. The van der Waals surface area contributed by atoms with Crippen LogP contribution in [-0.4, -0.2) is 66.7 Å². The van der Waals surface area contributed by atoms with Gasteiger partial charge in [-0.1, -0.05) is 27.7 Å². The van der Waals surface area contributed by atoms with E-state index in [0.29, 0.717) is 17.7 Å². The molecular weight excluding hydrogens is 350 g/mol. The smallest absolute Gasteiger partial charge is 0.225 e. The van der Waals surface area contributed by atoms with Crippen molar-refractivity contribution in [2.24, 2.45) is 17.3 Å². The maximum atomic E-state index is 13.2. The van der Waals surface area contributed by atoms with Crippen molar-refractivity contribution in [2.75, 3.05) is 40.8 Å². The van der Waals surface area contributed by atoms with Crippen molar-refractivity contribution in [3.05, 3.63) is 17.5 Å². The number of hydrogen-bond acceptors (Lipinski definition) is 4. The highest BCUT2D eigenvalue weighted by atomic mass is 16.2. The molecule has 0 radical (unpaired) electrons. The minimum atomic E-state index is 0.0406. The number of amides is 1. The van der Waals surface area contributed by atoms with Gasteiger partial charge >= 0.3 is 0 Å². The molecule has 1 heterocycles. The number of carbonyl (C=O) groups is 1. The Morgan fingerprint density at radius 3 is 2.75 bits per heavy atom. The van der Waals surface area contributed by atoms with Crippen LogP contribution in [0.15, 0.2) is 6.20 Å². The maximum absolute atomic E-state index is 13.2. The van der Waals surface area contributed by atoms with Gasteiger partial charge in [-0.3, -0.25) is 9.89 Å². The summed E-state index contributed by atoms with van der Waals surface area (Å²) in [5, 5.41) is 10.9. The Morgan fingerprint density at radius 1 is 1.39 bits per heavy atom. The first-order valence-electron chi connectivity index (χ1n) is 10.8. The Hall–Kier alpha value is -1.40. The maximum Gasteiger partial charge on any atom is 0.225 e.